The molecular weight excluding hydrogens is 266 g/mol. The number of ether oxygens (including phenoxy) is 1. The summed E-state index contributed by atoms with van der Waals surface area (Å²) in [7, 11) is 0. The number of amides is 1. The lowest BCUT2D eigenvalue weighted by Gasteiger charge is -2.11. The molecule has 1 atom stereocenters. The van der Waals surface area contributed by atoms with Gasteiger partial charge < -0.3 is 14.6 Å². The Labute approximate surface area is 124 Å². The molecule has 0 spiro atoms. The average molecular weight is 287 g/mol. The Kier molecular flexibility index (Phi) is 4.20. The van der Waals surface area contributed by atoms with Crippen LogP contribution in [0.2, 0.25) is 0 Å². The van der Waals surface area contributed by atoms with Crippen LogP contribution in [0.5, 0.6) is 0 Å². The van der Waals surface area contributed by atoms with Crippen LogP contribution in [-0.2, 0) is 16.1 Å². The lowest BCUT2D eigenvalue weighted by atomic mass is 10.2. The zero-order valence-electron chi connectivity index (χ0n) is 12.3. The molecule has 1 aliphatic rings. The van der Waals surface area contributed by atoms with E-state index in [0.29, 0.717) is 13.2 Å². The van der Waals surface area contributed by atoms with Crippen LogP contribution >= 0.6 is 0 Å². The molecule has 1 fully saturated rings. The molecule has 0 bridgehead atoms. The first-order valence-electron chi connectivity index (χ1n) is 7.57. The maximum absolute atomic E-state index is 11.8. The molecule has 2 aromatic rings. The van der Waals surface area contributed by atoms with Crippen LogP contribution in [0.25, 0.3) is 11.0 Å². The summed E-state index contributed by atoms with van der Waals surface area (Å²) < 4.78 is 7.57. The molecule has 1 unspecified atom stereocenters. The van der Waals surface area contributed by atoms with Crippen LogP contribution in [0.15, 0.2) is 24.3 Å². The third-order valence-electron chi connectivity index (χ3n) is 3.93. The fourth-order valence-corrected chi connectivity index (χ4v) is 2.83. The Morgan fingerprint density at radius 2 is 2.33 bits per heavy atom. The second kappa shape index (κ2) is 6.26. The highest BCUT2D eigenvalue weighted by molar-refractivity contribution is 5.80. The molecule has 2 heterocycles. The number of para-hydroxylation sites is 2. The van der Waals surface area contributed by atoms with Crippen molar-refractivity contribution in [2.45, 2.75) is 38.8 Å². The van der Waals surface area contributed by atoms with E-state index in [2.05, 4.69) is 20.9 Å². The van der Waals surface area contributed by atoms with E-state index in [1.807, 2.05) is 25.1 Å². The van der Waals surface area contributed by atoms with Crippen molar-refractivity contribution in [2.75, 3.05) is 13.2 Å². The van der Waals surface area contributed by atoms with E-state index in [1.165, 1.54) is 0 Å². The Balaban J connectivity index is 1.52. The van der Waals surface area contributed by atoms with Crippen molar-refractivity contribution >= 4 is 16.9 Å². The minimum atomic E-state index is -0.235. The average Bonchev–Trinajstić information content (AvgIpc) is 3.11. The smallest absolute Gasteiger partial charge is 0.249 e. The standard InChI is InChI=1S/C16H21N3O2/c1-12-18-13-6-2-3-7-14(13)19(12)10-5-9-17-16(20)15-8-4-11-21-15/h2-3,6-7,15H,4-5,8-11H2,1H3,(H,17,20). The van der Waals surface area contributed by atoms with Gasteiger partial charge in [0, 0.05) is 19.7 Å². The summed E-state index contributed by atoms with van der Waals surface area (Å²) >= 11 is 0. The lowest BCUT2D eigenvalue weighted by Crippen LogP contribution is -2.35. The van der Waals surface area contributed by atoms with Gasteiger partial charge in [-0.2, -0.15) is 0 Å². The van der Waals surface area contributed by atoms with Gasteiger partial charge in [0.2, 0.25) is 5.91 Å². The number of carbonyl (C=O) groups excluding carboxylic acids is 1. The van der Waals surface area contributed by atoms with Crippen molar-refractivity contribution in [3.05, 3.63) is 30.1 Å². The van der Waals surface area contributed by atoms with Crippen LogP contribution < -0.4 is 5.32 Å². The van der Waals surface area contributed by atoms with Gasteiger partial charge in [0.1, 0.15) is 11.9 Å². The fourth-order valence-electron chi connectivity index (χ4n) is 2.83. The molecule has 5 heteroatoms. The number of rotatable bonds is 5. The lowest BCUT2D eigenvalue weighted by molar-refractivity contribution is -0.130. The van der Waals surface area contributed by atoms with Gasteiger partial charge in [0.05, 0.1) is 11.0 Å². The molecule has 0 aliphatic carbocycles. The third-order valence-corrected chi connectivity index (χ3v) is 3.93. The quantitative estimate of drug-likeness (QED) is 0.856. The van der Waals surface area contributed by atoms with Crippen molar-refractivity contribution < 1.29 is 9.53 Å². The molecule has 1 aromatic heterocycles. The summed E-state index contributed by atoms with van der Waals surface area (Å²) in [5.74, 6) is 1.04. The van der Waals surface area contributed by atoms with Crippen molar-refractivity contribution in [1.82, 2.24) is 14.9 Å². The van der Waals surface area contributed by atoms with Gasteiger partial charge in [0.15, 0.2) is 0 Å². The molecule has 0 radical (unpaired) electrons. The number of fused-ring (bicyclic) bond motifs is 1. The highest BCUT2D eigenvalue weighted by Crippen LogP contribution is 2.15. The summed E-state index contributed by atoms with van der Waals surface area (Å²) in [6.07, 6.45) is 2.48. The summed E-state index contributed by atoms with van der Waals surface area (Å²) in [6, 6.07) is 8.14. The minimum Gasteiger partial charge on any atom is -0.368 e. The normalized spacial score (nSPS) is 18.2. The molecule has 1 saturated heterocycles. The Bertz CT molecular complexity index is 629. The molecular formula is C16H21N3O2. The second-order valence-electron chi connectivity index (χ2n) is 5.45. The molecule has 1 aromatic carbocycles. The number of carbonyl (C=O) groups is 1. The van der Waals surface area contributed by atoms with Gasteiger partial charge in [0.25, 0.3) is 0 Å². The van der Waals surface area contributed by atoms with E-state index in [-0.39, 0.29) is 12.0 Å². The minimum absolute atomic E-state index is 0.0275. The summed E-state index contributed by atoms with van der Waals surface area (Å²) in [6.45, 7) is 4.26. The van der Waals surface area contributed by atoms with Gasteiger partial charge in [-0.15, -0.1) is 0 Å². The number of aryl methyl sites for hydroxylation is 2. The van der Waals surface area contributed by atoms with Crippen LogP contribution in [0.3, 0.4) is 0 Å². The molecule has 21 heavy (non-hydrogen) atoms. The summed E-state index contributed by atoms with van der Waals surface area (Å²) in [5, 5.41) is 2.96. The first kappa shape index (κ1) is 14.1. The maximum Gasteiger partial charge on any atom is 0.249 e. The van der Waals surface area contributed by atoms with Crippen LogP contribution in [-0.4, -0.2) is 34.7 Å². The van der Waals surface area contributed by atoms with Gasteiger partial charge in [-0.1, -0.05) is 12.1 Å². The van der Waals surface area contributed by atoms with Crippen LogP contribution in [0.1, 0.15) is 25.1 Å². The predicted octanol–water partition coefficient (Wildman–Crippen LogP) is 2.03. The van der Waals surface area contributed by atoms with Gasteiger partial charge in [-0.25, -0.2) is 4.98 Å². The first-order chi connectivity index (χ1) is 10.3. The van der Waals surface area contributed by atoms with Crippen molar-refractivity contribution in [3.8, 4) is 0 Å². The van der Waals surface area contributed by atoms with E-state index < -0.39 is 0 Å². The van der Waals surface area contributed by atoms with Crippen LogP contribution in [0, 0.1) is 6.92 Å². The predicted molar refractivity (Wildman–Crippen MR) is 81.1 cm³/mol. The third kappa shape index (κ3) is 3.08. The summed E-state index contributed by atoms with van der Waals surface area (Å²) in [5.41, 5.74) is 2.18. The number of nitrogens with zero attached hydrogens (tertiary/aromatic N) is 2. The Hall–Kier alpha value is -1.88. The van der Waals surface area contributed by atoms with Crippen molar-refractivity contribution in [3.63, 3.8) is 0 Å². The molecule has 3 rings (SSSR count). The van der Waals surface area contributed by atoms with Gasteiger partial charge >= 0.3 is 0 Å². The zero-order chi connectivity index (χ0) is 14.7. The molecule has 5 nitrogen and oxygen atoms in total. The van der Waals surface area contributed by atoms with Gasteiger partial charge in [-0.05, 0) is 38.3 Å². The molecule has 1 N–H and O–H groups in total. The number of aromatic nitrogens is 2. The number of hydrogen-bond acceptors (Lipinski definition) is 3. The topological polar surface area (TPSA) is 56.2 Å². The zero-order valence-corrected chi connectivity index (χ0v) is 12.3. The highest BCUT2D eigenvalue weighted by atomic mass is 16.5. The van der Waals surface area contributed by atoms with E-state index in [4.69, 9.17) is 4.74 Å². The Morgan fingerprint density at radius 1 is 1.48 bits per heavy atom. The van der Waals surface area contributed by atoms with Crippen LogP contribution in [0.4, 0.5) is 0 Å². The van der Waals surface area contributed by atoms with E-state index in [1.54, 1.807) is 0 Å². The first-order valence-corrected chi connectivity index (χ1v) is 7.57. The summed E-state index contributed by atoms with van der Waals surface area (Å²) in [4.78, 5) is 16.4. The van der Waals surface area contributed by atoms with Crippen molar-refractivity contribution in [1.29, 1.82) is 0 Å². The number of hydrogen-bond donors (Lipinski definition) is 1. The highest BCUT2D eigenvalue weighted by Gasteiger charge is 2.22. The number of benzene rings is 1. The number of nitrogens with one attached hydrogen (secondary N) is 1. The maximum atomic E-state index is 11.8. The monoisotopic (exact) mass is 287 g/mol. The SMILES string of the molecule is Cc1nc2ccccc2n1CCCNC(=O)C1CCCO1. The Morgan fingerprint density at radius 3 is 3.14 bits per heavy atom. The second-order valence-corrected chi connectivity index (χ2v) is 5.45. The van der Waals surface area contributed by atoms with Gasteiger partial charge in [-0.3, -0.25) is 4.79 Å². The van der Waals surface area contributed by atoms with Crippen molar-refractivity contribution in [2.24, 2.45) is 0 Å². The van der Waals surface area contributed by atoms with E-state index in [0.717, 1.165) is 42.7 Å². The molecule has 1 aliphatic heterocycles. The largest absolute Gasteiger partial charge is 0.368 e. The molecule has 0 saturated carbocycles. The van der Waals surface area contributed by atoms with E-state index in [9.17, 15) is 4.79 Å². The molecule has 1 amide bonds. The van der Waals surface area contributed by atoms with E-state index >= 15 is 0 Å². The fraction of sp³-hybridized carbons (Fsp3) is 0.500. The molecule has 112 valence electrons. The number of imidazole rings is 1.